The molecule has 1 aromatic heterocycles. The smallest absolute Gasteiger partial charge is 0.0540 e. The summed E-state index contributed by atoms with van der Waals surface area (Å²) in [5, 5.41) is 3.19. The average molecular weight is 242 g/mol. The summed E-state index contributed by atoms with van der Waals surface area (Å²) >= 11 is 3.34. The third-order valence-corrected chi connectivity index (χ3v) is 1.87. The SMILES string of the molecule is NC/C=C/CNc1cncc(Br)c1. The van der Waals surface area contributed by atoms with Gasteiger partial charge in [-0.1, -0.05) is 12.2 Å². The largest absolute Gasteiger partial charge is 0.380 e. The number of nitrogens with zero attached hydrogens (tertiary/aromatic N) is 1. The Balaban J connectivity index is 2.41. The Labute approximate surface area is 86.2 Å². The van der Waals surface area contributed by atoms with Crippen molar-refractivity contribution < 1.29 is 0 Å². The summed E-state index contributed by atoms with van der Waals surface area (Å²) in [4.78, 5) is 4.02. The van der Waals surface area contributed by atoms with Gasteiger partial charge in [0.1, 0.15) is 0 Å². The maximum Gasteiger partial charge on any atom is 0.0540 e. The molecule has 0 saturated carbocycles. The lowest BCUT2D eigenvalue weighted by Gasteiger charge is -2.01. The summed E-state index contributed by atoms with van der Waals surface area (Å²) in [6.45, 7) is 1.35. The van der Waals surface area contributed by atoms with E-state index in [2.05, 4.69) is 26.2 Å². The Morgan fingerprint density at radius 1 is 1.46 bits per heavy atom. The Bertz CT molecular complexity index is 286. The lowest BCUT2D eigenvalue weighted by atomic mass is 10.4. The minimum Gasteiger partial charge on any atom is -0.380 e. The topological polar surface area (TPSA) is 50.9 Å². The Morgan fingerprint density at radius 2 is 2.31 bits per heavy atom. The number of nitrogens with two attached hydrogens (primary N) is 1. The monoisotopic (exact) mass is 241 g/mol. The van der Waals surface area contributed by atoms with Gasteiger partial charge in [-0.3, -0.25) is 4.98 Å². The second-order valence-electron chi connectivity index (χ2n) is 2.48. The van der Waals surface area contributed by atoms with Crippen molar-refractivity contribution in [3.05, 3.63) is 35.1 Å². The van der Waals surface area contributed by atoms with Crippen LogP contribution in [-0.4, -0.2) is 18.1 Å². The summed E-state index contributed by atoms with van der Waals surface area (Å²) in [5.41, 5.74) is 6.29. The molecule has 0 saturated heterocycles. The predicted octanol–water partition coefficient (Wildman–Crippen LogP) is 1.77. The van der Waals surface area contributed by atoms with Gasteiger partial charge in [-0.25, -0.2) is 0 Å². The lowest BCUT2D eigenvalue weighted by Crippen LogP contribution is -2.00. The first-order valence-corrected chi connectivity index (χ1v) is 4.81. The van der Waals surface area contributed by atoms with E-state index >= 15 is 0 Å². The Morgan fingerprint density at radius 3 is 3.00 bits per heavy atom. The van der Waals surface area contributed by atoms with E-state index in [1.54, 1.807) is 12.4 Å². The van der Waals surface area contributed by atoms with Gasteiger partial charge in [0.25, 0.3) is 0 Å². The molecule has 13 heavy (non-hydrogen) atoms. The molecule has 0 aromatic carbocycles. The highest BCUT2D eigenvalue weighted by Crippen LogP contribution is 2.12. The van der Waals surface area contributed by atoms with Crippen molar-refractivity contribution in [1.29, 1.82) is 0 Å². The number of halogens is 1. The van der Waals surface area contributed by atoms with Crippen LogP contribution in [-0.2, 0) is 0 Å². The minimum absolute atomic E-state index is 0.582. The van der Waals surface area contributed by atoms with E-state index in [9.17, 15) is 0 Å². The fourth-order valence-electron chi connectivity index (χ4n) is 0.865. The second-order valence-corrected chi connectivity index (χ2v) is 3.40. The summed E-state index contributed by atoms with van der Waals surface area (Å²) < 4.78 is 0.973. The van der Waals surface area contributed by atoms with Crippen molar-refractivity contribution in [2.24, 2.45) is 5.73 Å². The maximum absolute atomic E-state index is 5.30. The molecule has 0 unspecified atom stereocenters. The van der Waals surface area contributed by atoms with Gasteiger partial charge in [0.2, 0.25) is 0 Å². The third kappa shape index (κ3) is 4.05. The van der Waals surface area contributed by atoms with E-state index in [4.69, 9.17) is 5.73 Å². The van der Waals surface area contributed by atoms with Crippen molar-refractivity contribution in [3.63, 3.8) is 0 Å². The fourth-order valence-corrected chi connectivity index (χ4v) is 1.23. The number of hydrogen-bond donors (Lipinski definition) is 2. The summed E-state index contributed by atoms with van der Waals surface area (Å²) in [7, 11) is 0. The lowest BCUT2D eigenvalue weighted by molar-refractivity contribution is 1.21. The van der Waals surface area contributed by atoms with Gasteiger partial charge >= 0.3 is 0 Å². The Hall–Kier alpha value is -0.870. The minimum atomic E-state index is 0.582. The first-order valence-electron chi connectivity index (χ1n) is 4.02. The highest BCUT2D eigenvalue weighted by molar-refractivity contribution is 9.10. The van der Waals surface area contributed by atoms with Crippen molar-refractivity contribution in [2.45, 2.75) is 0 Å². The van der Waals surface area contributed by atoms with Gasteiger partial charge in [-0.15, -0.1) is 0 Å². The van der Waals surface area contributed by atoms with E-state index in [0.29, 0.717) is 6.54 Å². The molecule has 3 N–H and O–H groups in total. The fraction of sp³-hybridized carbons (Fsp3) is 0.222. The molecule has 0 aliphatic carbocycles. The molecular weight excluding hydrogens is 230 g/mol. The second kappa shape index (κ2) is 5.72. The molecule has 1 aromatic rings. The molecule has 4 heteroatoms. The van der Waals surface area contributed by atoms with E-state index in [1.807, 2.05) is 18.2 Å². The van der Waals surface area contributed by atoms with Crippen molar-refractivity contribution in [2.75, 3.05) is 18.4 Å². The zero-order valence-corrected chi connectivity index (χ0v) is 8.79. The highest BCUT2D eigenvalue weighted by atomic mass is 79.9. The molecule has 0 aliphatic rings. The quantitative estimate of drug-likeness (QED) is 0.791. The summed E-state index contributed by atoms with van der Waals surface area (Å²) in [6, 6.07) is 1.98. The zero-order valence-electron chi connectivity index (χ0n) is 7.20. The van der Waals surface area contributed by atoms with E-state index in [1.165, 1.54) is 0 Å². The van der Waals surface area contributed by atoms with Gasteiger partial charge in [0.05, 0.1) is 11.9 Å². The number of hydrogen-bond acceptors (Lipinski definition) is 3. The number of anilines is 1. The van der Waals surface area contributed by atoms with Crippen LogP contribution < -0.4 is 11.1 Å². The van der Waals surface area contributed by atoms with E-state index in [0.717, 1.165) is 16.7 Å². The molecule has 0 bridgehead atoms. The molecule has 0 spiro atoms. The van der Waals surface area contributed by atoms with Crippen LogP contribution in [0, 0.1) is 0 Å². The maximum atomic E-state index is 5.30. The van der Waals surface area contributed by atoms with Crippen molar-refractivity contribution in [1.82, 2.24) is 4.98 Å². The molecule has 3 nitrogen and oxygen atoms in total. The molecular formula is C9H12BrN3. The number of nitrogens with one attached hydrogen (secondary N) is 1. The van der Waals surface area contributed by atoms with Gasteiger partial charge in [0.15, 0.2) is 0 Å². The van der Waals surface area contributed by atoms with Gasteiger partial charge < -0.3 is 11.1 Å². The summed E-state index contributed by atoms with van der Waals surface area (Å²) in [6.07, 6.45) is 7.43. The molecule has 70 valence electrons. The van der Waals surface area contributed by atoms with Crippen molar-refractivity contribution in [3.8, 4) is 0 Å². The van der Waals surface area contributed by atoms with Crippen LogP contribution in [0.4, 0.5) is 5.69 Å². The van der Waals surface area contributed by atoms with Crippen LogP contribution in [0.25, 0.3) is 0 Å². The van der Waals surface area contributed by atoms with Gasteiger partial charge in [-0.2, -0.15) is 0 Å². The molecule has 0 fully saturated rings. The van der Waals surface area contributed by atoms with Gasteiger partial charge in [-0.05, 0) is 22.0 Å². The van der Waals surface area contributed by atoms with Crippen LogP contribution in [0.5, 0.6) is 0 Å². The number of rotatable bonds is 4. The van der Waals surface area contributed by atoms with E-state index in [-0.39, 0.29) is 0 Å². The van der Waals surface area contributed by atoms with Crippen LogP contribution in [0.2, 0.25) is 0 Å². The molecule has 0 amide bonds. The molecule has 0 atom stereocenters. The highest BCUT2D eigenvalue weighted by Gasteiger charge is 1.90. The van der Waals surface area contributed by atoms with Crippen LogP contribution in [0.1, 0.15) is 0 Å². The molecule has 1 heterocycles. The number of pyridine rings is 1. The van der Waals surface area contributed by atoms with Crippen LogP contribution in [0.3, 0.4) is 0 Å². The predicted molar refractivity (Wildman–Crippen MR) is 58.6 cm³/mol. The van der Waals surface area contributed by atoms with E-state index < -0.39 is 0 Å². The standard InChI is InChI=1S/C9H12BrN3/c10-8-5-9(7-12-6-8)13-4-2-1-3-11/h1-2,5-7,13H,3-4,11H2/b2-1+. The average Bonchev–Trinajstić information content (AvgIpc) is 2.13. The van der Waals surface area contributed by atoms with Crippen LogP contribution >= 0.6 is 15.9 Å². The van der Waals surface area contributed by atoms with Crippen molar-refractivity contribution >= 4 is 21.6 Å². The van der Waals surface area contributed by atoms with Crippen LogP contribution in [0.15, 0.2) is 35.1 Å². The molecule has 0 radical (unpaired) electrons. The number of aromatic nitrogens is 1. The summed E-state index contributed by atoms with van der Waals surface area (Å²) in [5.74, 6) is 0. The zero-order chi connectivity index (χ0) is 9.52. The first kappa shape index (κ1) is 10.2. The molecule has 0 aliphatic heterocycles. The first-order chi connectivity index (χ1) is 6.33. The third-order valence-electron chi connectivity index (χ3n) is 1.43. The normalized spacial score (nSPS) is 10.6. The van der Waals surface area contributed by atoms with Gasteiger partial charge in [0, 0.05) is 23.8 Å². The molecule has 1 rings (SSSR count). The Kier molecular flexibility index (Phi) is 4.49.